The van der Waals surface area contributed by atoms with Gasteiger partial charge in [-0.3, -0.25) is 9.59 Å². The molecule has 1 aromatic carbocycles. The number of ether oxygens (including phenoxy) is 1. The molecule has 2 N–H and O–H groups in total. The number of fused-ring (bicyclic) bond motifs is 1. The third-order valence-electron chi connectivity index (χ3n) is 3.43. The molecule has 0 saturated heterocycles. The zero-order valence-electron chi connectivity index (χ0n) is 14.7. The summed E-state index contributed by atoms with van der Waals surface area (Å²) < 4.78 is 6.26. The molecule has 8 heteroatoms. The van der Waals surface area contributed by atoms with Gasteiger partial charge in [0.25, 0.3) is 5.56 Å². The maximum Gasteiger partial charge on any atom is 0.316 e. The van der Waals surface area contributed by atoms with Gasteiger partial charge in [-0.15, -0.1) is 11.3 Å². The number of benzene rings is 1. The van der Waals surface area contributed by atoms with Gasteiger partial charge in [0.1, 0.15) is 10.4 Å². The fourth-order valence-corrected chi connectivity index (χ4v) is 4.09. The number of thioether (sulfide) groups is 1. The number of thiophene rings is 1. The van der Waals surface area contributed by atoms with Crippen LogP contribution in [0.15, 0.2) is 45.7 Å². The summed E-state index contributed by atoms with van der Waals surface area (Å²) in [5.74, 6) is 5.59. The summed E-state index contributed by atoms with van der Waals surface area (Å²) in [5, 5.41) is 2.68. The largest absolute Gasteiger partial charge is 0.459 e. The molecule has 3 rings (SSSR count). The maximum absolute atomic E-state index is 12.8. The quantitative estimate of drug-likeness (QED) is 0.319. The summed E-state index contributed by atoms with van der Waals surface area (Å²) in [7, 11) is 0. The number of esters is 1. The van der Waals surface area contributed by atoms with Crippen molar-refractivity contribution < 1.29 is 9.53 Å². The second-order valence-electron chi connectivity index (χ2n) is 6.64. The minimum absolute atomic E-state index is 0.0311. The van der Waals surface area contributed by atoms with E-state index in [4.69, 9.17) is 10.6 Å². The Balaban J connectivity index is 1.92. The Bertz CT molecular complexity index is 1000. The van der Waals surface area contributed by atoms with Crippen LogP contribution in [-0.4, -0.2) is 27.0 Å². The molecule has 0 amide bonds. The van der Waals surface area contributed by atoms with Crippen molar-refractivity contribution in [2.24, 2.45) is 0 Å². The highest BCUT2D eigenvalue weighted by atomic mass is 32.2. The van der Waals surface area contributed by atoms with Crippen LogP contribution in [0.4, 0.5) is 0 Å². The number of nitrogen functional groups attached to an aromatic ring is 1. The fourth-order valence-electron chi connectivity index (χ4n) is 2.41. The minimum atomic E-state index is -0.560. The molecule has 0 aliphatic rings. The first-order valence-corrected chi connectivity index (χ1v) is 9.82. The molecule has 6 nitrogen and oxygen atoms in total. The van der Waals surface area contributed by atoms with E-state index in [-0.39, 0.29) is 22.4 Å². The molecule has 0 bridgehead atoms. The van der Waals surface area contributed by atoms with Crippen LogP contribution in [0.1, 0.15) is 20.8 Å². The first-order valence-electron chi connectivity index (χ1n) is 7.95. The normalized spacial score (nSPS) is 11.7. The lowest BCUT2D eigenvalue weighted by atomic mass is 10.1. The Labute approximate surface area is 159 Å². The Kier molecular flexibility index (Phi) is 5.06. The van der Waals surface area contributed by atoms with Gasteiger partial charge in [0, 0.05) is 10.9 Å². The summed E-state index contributed by atoms with van der Waals surface area (Å²) in [6, 6.07) is 9.62. The van der Waals surface area contributed by atoms with Crippen molar-refractivity contribution in [1.29, 1.82) is 0 Å². The van der Waals surface area contributed by atoms with Crippen molar-refractivity contribution in [3.8, 4) is 11.1 Å². The van der Waals surface area contributed by atoms with Crippen molar-refractivity contribution >= 4 is 39.3 Å². The zero-order valence-corrected chi connectivity index (χ0v) is 16.3. The molecule has 2 heterocycles. The molecule has 0 atom stereocenters. The number of carbonyl (C=O) groups excluding carboxylic acids is 1. The molecule has 0 saturated carbocycles. The summed E-state index contributed by atoms with van der Waals surface area (Å²) in [4.78, 5) is 29.7. The SMILES string of the molecule is CC(C)(C)OC(=O)CSc1nc2scc(-c3ccccc3)c2c(=O)n1N. The minimum Gasteiger partial charge on any atom is -0.459 e. The summed E-state index contributed by atoms with van der Waals surface area (Å²) in [6.45, 7) is 5.40. The highest BCUT2D eigenvalue weighted by Crippen LogP contribution is 2.31. The van der Waals surface area contributed by atoms with Crippen molar-refractivity contribution in [2.45, 2.75) is 31.5 Å². The van der Waals surface area contributed by atoms with Gasteiger partial charge in [0.05, 0.1) is 11.1 Å². The number of hydrogen-bond donors (Lipinski definition) is 1. The molecule has 3 aromatic rings. The van der Waals surface area contributed by atoms with Gasteiger partial charge in [-0.25, -0.2) is 9.66 Å². The van der Waals surface area contributed by atoms with E-state index in [1.165, 1.54) is 11.3 Å². The van der Waals surface area contributed by atoms with Crippen LogP contribution < -0.4 is 11.4 Å². The van der Waals surface area contributed by atoms with Crippen LogP contribution in [0.3, 0.4) is 0 Å². The monoisotopic (exact) mass is 389 g/mol. The molecular formula is C18H19N3O3S2. The summed E-state index contributed by atoms with van der Waals surface area (Å²) in [5.41, 5.74) is 0.857. The summed E-state index contributed by atoms with van der Waals surface area (Å²) >= 11 is 2.47. The number of hydrogen-bond acceptors (Lipinski definition) is 7. The van der Waals surface area contributed by atoms with Crippen LogP contribution in [0, 0.1) is 0 Å². The highest BCUT2D eigenvalue weighted by molar-refractivity contribution is 7.99. The lowest BCUT2D eigenvalue weighted by molar-refractivity contribution is -0.151. The second kappa shape index (κ2) is 7.13. The second-order valence-corrected chi connectivity index (χ2v) is 8.44. The van der Waals surface area contributed by atoms with Crippen molar-refractivity contribution in [1.82, 2.24) is 9.66 Å². The van der Waals surface area contributed by atoms with Gasteiger partial charge in [-0.1, -0.05) is 42.1 Å². The molecule has 26 heavy (non-hydrogen) atoms. The van der Waals surface area contributed by atoms with E-state index in [9.17, 15) is 9.59 Å². The highest BCUT2D eigenvalue weighted by Gasteiger charge is 2.19. The van der Waals surface area contributed by atoms with Gasteiger partial charge >= 0.3 is 5.97 Å². The molecule has 0 spiro atoms. The van der Waals surface area contributed by atoms with Gasteiger partial charge in [0.2, 0.25) is 0 Å². The maximum atomic E-state index is 12.8. The van der Waals surface area contributed by atoms with Crippen molar-refractivity contribution in [2.75, 3.05) is 11.6 Å². The van der Waals surface area contributed by atoms with E-state index >= 15 is 0 Å². The third kappa shape index (κ3) is 3.91. The molecule has 0 unspecified atom stereocenters. The van der Waals surface area contributed by atoms with Crippen LogP contribution in [-0.2, 0) is 9.53 Å². The average molecular weight is 390 g/mol. The van der Waals surface area contributed by atoms with E-state index in [1.54, 1.807) is 20.8 Å². The molecule has 0 fully saturated rings. The number of aromatic nitrogens is 2. The molecule has 0 aliphatic carbocycles. The third-order valence-corrected chi connectivity index (χ3v) is 5.23. The number of nitrogens with two attached hydrogens (primary N) is 1. The van der Waals surface area contributed by atoms with E-state index in [0.29, 0.717) is 10.2 Å². The molecule has 0 radical (unpaired) electrons. The zero-order chi connectivity index (χ0) is 18.9. The first kappa shape index (κ1) is 18.5. The van der Waals surface area contributed by atoms with Crippen molar-refractivity contribution in [3.05, 3.63) is 46.1 Å². The number of rotatable bonds is 4. The van der Waals surface area contributed by atoms with Crippen LogP contribution in [0.5, 0.6) is 0 Å². The first-order chi connectivity index (χ1) is 12.3. The number of nitrogens with zero attached hydrogens (tertiary/aromatic N) is 2. The fraction of sp³-hybridized carbons (Fsp3) is 0.278. The van der Waals surface area contributed by atoms with E-state index in [1.807, 2.05) is 35.7 Å². The van der Waals surface area contributed by atoms with E-state index in [2.05, 4.69) is 4.98 Å². The Morgan fingerprint density at radius 2 is 2.00 bits per heavy atom. The average Bonchev–Trinajstić information content (AvgIpc) is 3.00. The Morgan fingerprint density at radius 3 is 2.65 bits per heavy atom. The van der Waals surface area contributed by atoms with Gasteiger partial charge in [0.15, 0.2) is 5.16 Å². The predicted octanol–water partition coefficient (Wildman–Crippen LogP) is 3.27. The molecule has 2 aromatic heterocycles. The Hall–Kier alpha value is -2.32. The summed E-state index contributed by atoms with van der Waals surface area (Å²) in [6.07, 6.45) is 0. The predicted molar refractivity (Wildman–Crippen MR) is 106 cm³/mol. The van der Waals surface area contributed by atoms with E-state index in [0.717, 1.165) is 27.6 Å². The topological polar surface area (TPSA) is 87.2 Å². The smallest absolute Gasteiger partial charge is 0.316 e. The van der Waals surface area contributed by atoms with Gasteiger partial charge in [-0.05, 0) is 26.3 Å². The van der Waals surface area contributed by atoms with Crippen LogP contribution in [0.2, 0.25) is 0 Å². The molecular weight excluding hydrogens is 370 g/mol. The van der Waals surface area contributed by atoms with Gasteiger partial charge < -0.3 is 10.6 Å². The molecule has 0 aliphatic heterocycles. The van der Waals surface area contributed by atoms with Crippen molar-refractivity contribution in [3.63, 3.8) is 0 Å². The van der Waals surface area contributed by atoms with Crippen LogP contribution >= 0.6 is 23.1 Å². The Morgan fingerprint density at radius 1 is 1.31 bits per heavy atom. The lowest BCUT2D eigenvalue weighted by Crippen LogP contribution is -2.30. The van der Waals surface area contributed by atoms with Crippen LogP contribution in [0.25, 0.3) is 21.3 Å². The number of carbonyl (C=O) groups is 1. The van der Waals surface area contributed by atoms with E-state index < -0.39 is 5.60 Å². The lowest BCUT2D eigenvalue weighted by Gasteiger charge is -2.19. The van der Waals surface area contributed by atoms with Gasteiger partial charge in [-0.2, -0.15) is 0 Å². The standard InChI is InChI=1S/C18H19N3O3S2/c1-18(2,3)24-13(22)10-26-17-20-15-14(16(23)21(17)19)12(9-25-15)11-7-5-4-6-8-11/h4-9H,10,19H2,1-3H3. The molecule has 136 valence electrons.